The molecule has 0 aliphatic carbocycles. The van der Waals surface area contributed by atoms with Crippen LogP contribution in [0.4, 0.5) is 0 Å². The van der Waals surface area contributed by atoms with Crippen molar-refractivity contribution < 1.29 is 17.6 Å². The van der Waals surface area contributed by atoms with E-state index in [1.54, 1.807) is 41.3 Å². The number of carbonyl (C=O) groups is 1. The summed E-state index contributed by atoms with van der Waals surface area (Å²) in [6, 6.07) is 20.8. The van der Waals surface area contributed by atoms with E-state index in [9.17, 15) is 13.2 Å². The Morgan fingerprint density at radius 1 is 1.03 bits per heavy atom. The molecular formula is C22H20N4O4S. The van der Waals surface area contributed by atoms with Crippen LogP contribution in [-0.2, 0) is 16.4 Å². The summed E-state index contributed by atoms with van der Waals surface area (Å²) in [5, 5.41) is 12.5. The second-order valence-electron chi connectivity index (χ2n) is 6.83. The van der Waals surface area contributed by atoms with E-state index in [1.165, 1.54) is 12.1 Å². The molecule has 2 aromatic heterocycles. The summed E-state index contributed by atoms with van der Waals surface area (Å²) >= 11 is 0. The third-order valence-corrected chi connectivity index (χ3v) is 5.60. The zero-order valence-corrected chi connectivity index (χ0v) is 17.2. The van der Waals surface area contributed by atoms with Crippen LogP contribution in [0.15, 0.2) is 88.4 Å². The number of amides is 1. The van der Waals surface area contributed by atoms with Crippen LogP contribution in [0, 0.1) is 0 Å². The first-order chi connectivity index (χ1) is 14.9. The van der Waals surface area contributed by atoms with Crippen LogP contribution < -0.4 is 10.5 Å². The topological polar surface area (TPSA) is 120 Å². The number of aromatic nitrogens is 2. The number of hydrogen-bond donors (Lipinski definition) is 2. The summed E-state index contributed by atoms with van der Waals surface area (Å²) < 4.78 is 29.7. The molecule has 0 spiro atoms. The predicted molar refractivity (Wildman–Crippen MR) is 115 cm³/mol. The second-order valence-corrected chi connectivity index (χ2v) is 8.40. The molecule has 0 bridgehead atoms. The van der Waals surface area contributed by atoms with Crippen LogP contribution >= 0.6 is 0 Å². The Bertz CT molecular complexity index is 1280. The minimum Gasteiger partial charge on any atom is -0.463 e. The lowest BCUT2D eigenvalue weighted by Crippen LogP contribution is -2.27. The average molecular weight is 436 g/mol. The summed E-state index contributed by atoms with van der Waals surface area (Å²) in [6.07, 6.45) is 2.08. The van der Waals surface area contributed by atoms with Gasteiger partial charge in [-0.05, 0) is 48.4 Å². The van der Waals surface area contributed by atoms with Gasteiger partial charge in [-0.2, -0.15) is 5.10 Å². The fourth-order valence-electron chi connectivity index (χ4n) is 3.11. The molecule has 8 nitrogen and oxygen atoms in total. The van der Waals surface area contributed by atoms with Gasteiger partial charge < -0.3 is 9.73 Å². The van der Waals surface area contributed by atoms with Crippen LogP contribution in [0.1, 0.15) is 16.1 Å². The highest BCUT2D eigenvalue weighted by Crippen LogP contribution is 2.22. The smallest absolute Gasteiger partial charge is 0.270 e. The van der Waals surface area contributed by atoms with Crippen molar-refractivity contribution >= 4 is 15.9 Å². The fourth-order valence-corrected chi connectivity index (χ4v) is 3.63. The Kier molecular flexibility index (Phi) is 5.70. The lowest BCUT2D eigenvalue weighted by Gasteiger charge is -2.08. The van der Waals surface area contributed by atoms with Crippen molar-refractivity contribution in [3.8, 4) is 17.1 Å². The van der Waals surface area contributed by atoms with Gasteiger partial charge in [0.25, 0.3) is 5.91 Å². The number of primary sulfonamides is 1. The normalized spacial score (nSPS) is 11.4. The Morgan fingerprint density at radius 3 is 2.42 bits per heavy atom. The molecule has 9 heteroatoms. The molecule has 3 N–H and O–H groups in total. The lowest BCUT2D eigenvalue weighted by atomic mass is 10.1. The van der Waals surface area contributed by atoms with Gasteiger partial charge in [0, 0.05) is 12.6 Å². The van der Waals surface area contributed by atoms with Crippen molar-refractivity contribution in [2.45, 2.75) is 11.3 Å². The number of nitrogens with two attached hydrogens (primary N) is 1. The van der Waals surface area contributed by atoms with E-state index in [1.807, 2.05) is 30.3 Å². The van der Waals surface area contributed by atoms with Gasteiger partial charge in [-0.1, -0.05) is 30.3 Å². The van der Waals surface area contributed by atoms with Crippen molar-refractivity contribution in [3.63, 3.8) is 0 Å². The summed E-state index contributed by atoms with van der Waals surface area (Å²) in [4.78, 5) is 13.0. The van der Waals surface area contributed by atoms with Crippen LogP contribution in [0.2, 0.25) is 0 Å². The molecule has 2 heterocycles. The number of benzene rings is 2. The van der Waals surface area contributed by atoms with E-state index in [2.05, 4.69) is 10.4 Å². The fraction of sp³-hybridized carbons (Fsp3) is 0.0909. The highest BCUT2D eigenvalue weighted by atomic mass is 32.2. The van der Waals surface area contributed by atoms with Crippen molar-refractivity contribution in [1.29, 1.82) is 0 Å². The SMILES string of the molecule is NS(=O)(=O)c1ccc(CCNC(=O)c2cc(-c3ccco3)nn2-c2ccccc2)cc1. The van der Waals surface area contributed by atoms with E-state index in [0.717, 1.165) is 11.3 Å². The van der Waals surface area contributed by atoms with E-state index in [0.29, 0.717) is 30.1 Å². The van der Waals surface area contributed by atoms with Crippen molar-refractivity contribution in [2.24, 2.45) is 5.14 Å². The number of furan rings is 1. The van der Waals surface area contributed by atoms with Crippen LogP contribution in [-0.4, -0.2) is 30.7 Å². The monoisotopic (exact) mass is 436 g/mol. The highest BCUT2D eigenvalue weighted by Gasteiger charge is 2.18. The maximum Gasteiger partial charge on any atom is 0.270 e. The van der Waals surface area contributed by atoms with Crippen LogP contribution in [0.25, 0.3) is 17.1 Å². The van der Waals surface area contributed by atoms with E-state index >= 15 is 0 Å². The van der Waals surface area contributed by atoms with E-state index in [4.69, 9.17) is 9.56 Å². The number of para-hydroxylation sites is 1. The summed E-state index contributed by atoms with van der Waals surface area (Å²) in [5.41, 5.74) is 2.56. The molecule has 1 amide bonds. The van der Waals surface area contributed by atoms with Crippen molar-refractivity contribution in [1.82, 2.24) is 15.1 Å². The molecule has 0 aliphatic rings. The quantitative estimate of drug-likeness (QED) is 0.462. The van der Waals surface area contributed by atoms with Gasteiger partial charge >= 0.3 is 0 Å². The van der Waals surface area contributed by atoms with Gasteiger partial charge in [-0.3, -0.25) is 4.79 Å². The molecule has 4 rings (SSSR count). The molecule has 2 aromatic carbocycles. The molecule has 0 aliphatic heterocycles. The Labute approximate surface area is 179 Å². The molecule has 0 fully saturated rings. The van der Waals surface area contributed by atoms with Crippen LogP contribution in [0.3, 0.4) is 0 Å². The summed E-state index contributed by atoms with van der Waals surface area (Å²) in [5.74, 6) is 0.286. The minimum absolute atomic E-state index is 0.0532. The maximum absolute atomic E-state index is 12.9. The lowest BCUT2D eigenvalue weighted by molar-refractivity contribution is 0.0946. The first kappa shape index (κ1) is 20.6. The number of carbonyl (C=O) groups excluding carboxylic acids is 1. The van der Waals surface area contributed by atoms with Crippen LogP contribution in [0.5, 0.6) is 0 Å². The highest BCUT2D eigenvalue weighted by molar-refractivity contribution is 7.89. The van der Waals surface area contributed by atoms with E-state index < -0.39 is 10.0 Å². The minimum atomic E-state index is -3.72. The van der Waals surface area contributed by atoms with Crippen molar-refractivity contribution in [3.05, 3.63) is 90.3 Å². The predicted octanol–water partition coefficient (Wildman–Crippen LogP) is 2.75. The Balaban J connectivity index is 1.50. The number of hydrogen-bond acceptors (Lipinski definition) is 5. The Morgan fingerprint density at radius 2 is 1.77 bits per heavy atom. The zero-order valence-electron chi connectivity index (χ0n) is 16.4. The molecule has 4 aromatic rings. The van der Waals surface area contributed by atoms with Gasteiger partial charge in [-0.15, -0.1) is 0 Å². The third-order valence-electron chi connectivity index (χ3n) is 4.67. The molecule has 158 valence electrons. The number of rotatable bonds is 7. The molecule has 31 heavy (non-hydrogen) atoms. The van der Waals surface area contributed by atoms with Gasteiger partial charge in [0.2, 0.25) is 10.0 Å². The van der Waals surface area contributed by atoms with Gasteiger partial charge in [0.05, 0.1) is 16.8 Å². The van der Waals surface area contributed by atoms with Gasteiger partial charge in [0.15, 0.2) is 5.76 Å². The first-order valence-electron chi connectivity index (χ1n) is 9.51. The first-order valence-corrected chi connectivity index (χ1v) is 11.1. The molecular weight excluding hydrogens is 416 g/mol. The summed E-state index contributed by atoms with van der Waals surface area (Å²) in [7, 11) is -3.72. The molecule has 0 unspecified atom stereocenters. The van der Waals surface area contributed by atoms with Gasteiger partial charge in [-0.25, -0.2) is 18.2 Å². The average Bonchev–Trinajstić information content (AvgIpc) is 3.44. The number of sulfonamides is 1. The second kappa shape index (κ2) is 8.58. The Hall–Kier alpha value is -3.69. The largest absolute Gasteiger partial charge is 0.463 e. The standard InChI is InChI=1S/C22H20N4O4S/c23-31(28,29)18-10-8-16(9-11-18)12-13-24-22(27)20-15-19(21-7-4-14-30-21)25-26(20)17-5-2-1-3-6-17/h1-11,14-15H,12-13H2,(H,24,27)(H2,23,28,29). The van der Waals surface area contributed by atoms with E-state index in [-0.39, 0.29) is 10.8 Å². The summed E-state index contributed by atoms with van der Waals surface area (Å²) in [6.45, 7) is 0.365. The molecule has 0 saturated heterocycles. The molecule has 0 radical (unpaired) electrons. The number of nitrogens with zero attached hydrogens (tertiary/aromatic N) is 2. The third kappa shape index (κ3) is 4.73. The molecule has 0 saturated carbocycles. The zero-order chi connectivity index (χ0) is 21.8. The van der Waals surface area contributed by atoms with Crippen molar-refractivity contribution in [2.75, 3.05) is 6.54 Å². The maximum atomic E-state index is 12.9. The molecule has 0 atom stereocenters. The number of nitrogens with one attached hydrogen (secondary N) is 1. The van der Waals surface area contributed by atoms with Gasteiger partial charge in [0.1, 0.15) is 11.4 Å².